The van der Waals surface area contributed by atoms with Crippen LogP contribution in [-0.4, -0.2) is 63.4 Å². The summed E-state index contributed by atoms with van der Waals surface area (Å²) in [6.07, 6.45) is 11.1. The van der Waals surface area contributed by atoms with Crippen LogP contribution in [0.2, 0.25) is 0 Å². The molecule has 0 aliphatic carbocycles. The fourth-order valence-electron chi connectivity index (χ4n) is 2.20. The molecule has 0 bridgehead atoms. The number of hydrogen-bond donors (Lipinski definition) is 1. The van der Waals surface area contributed by atoms with Crippen molar-refractivity contribution in [2.45, 2.75) is 112 Å². The molecule has 0 saturated carbocycles. The molecule has 2 unspecified atom stereocenters. The van der Waals surface area contributed by atoms with E-state index >= 15 is 0 Å². The summed E-state index contributed by atoms with van der Waals surface area (Å²) in [5.74, 6) is 0. The van der Waals surface area contributed by atoms with Crippen LogP contribution in [0.15, 0.2) is 0 Å². The van der Waals surface area contributed by atoms with Gasteiger partial charge in [0, 0.05) is 34.1 Å². The molecule has 0 aromatic carbocycles. The van der Waals surface area contributed by atoms with Crippen LogP contribution in [0.1, 0.15) is 101 Å². The van der Waals surface area contributed by atoms with Crippen molar-refractivity contribution >= 4 is 6.29 Å². The number of likely N-dealkylation sites (N-methyl/N-ethyl adjacent to an activating group) is 1. The highest BCUT2D eigenvalue weighted by Gasteiger charge is 2.32. The van der Waals surface area contributed by atoms with Crippen molar-refractivity contribution in [3.8, 4) is 0 Å². The molecular weight excluding hydrogens is 364 g/mol. The van der Waals surface area contributed by atoms with Gasteiger partial charge in [0.25, 0.3) is 0 Å². The van der Waals surface area contributed by atoms with E-state index in [1.165, 1.54) is 38.5 Å². The van der Waals surface area contributed by atoms with Gasteiger partial charge in [-0.15, -0.1) is 0 Å². The lowest BCUT2D eigenvalue weighted by Gasteiger charge is -2.21. The minimum absolute atomic E-state index is 0. The summed E-state index contributed by atoms with van der Waals surface area (Å²) < 4.78 is 10.7. The summed E-state index contributed by atoms with van der Waals surface area (Å²) in [5.41, 5.74) is 0. The second-order valence-corrected chi connectivity index (χ2v) is 7.44. The molecule has 5 heteroatoms. The van der Waals surface area contributed by atoms with Crippen LogP contribution >= 0.6 is 0 Å². The molecule has 0 radical (unpaired) electrons. The third-order valence-electron chi connectivity index (χ3n) is 3.95. The maximum Gasteiger partial charge on any atom is 0.119 e. The molecule has 1 aliphatic rings. The quantitative estimate of drug-likeness (QED) is 0.164. The summed E-state index contributed by atoms with van der Waals surface area (Å²) in [4.78, 5) is 11.8. The lowest BCUT2D eigenvalue weighted by atomic mass is 10.2. The van der Waals surface area contributed by atoms with Gasteiger partial charge in [0.2, 0.25) is 0 Å². The number of epoxide rings is 1. The first-order chi connectivity index (χ1) is 14.0. The van der Waals surface area contributed by atoms with Gasteiger partial charge in [-0.3, -0.25) is 4.90 Å². The maximum absolute atomic E-state index is 9.40. The third kappa shape index (κ3) is 32.4. The zero-order valence-corrected chi connectivity index (χ0v) is 21.1. The van der Waals surface area contributed by atoms with Gasteiger partial charge in [-0.2, -0.15) is 0 Å². The van der Waals surface area contributed by atoms with E-state index in [1.54, 1.807) is 0 Å². The standard InChI is InChI=1S/C11H26N2O.C6H12O.C4H8O.C3H8.H2/c1-4-6-10-14-11-13(8-5-2)9-7-12-3;1-3-4-6-5(2)7-6;1-2-3-4-5;1-3-2;/h12H,4-11H2,1-3H3;5-6H,3-4H2,1-2H3;4H,2-3H2,1H3;3H2,1-2H3;1H. The molecule has 1 N–H and O–H groups in total. The van der Waals surface area contributed by atoms with Gasteiger partial charge in [0.1, 0.15) is 6.29 Å². The monoisotopic (exact) mass is 420 g/mol. The summed E-state index contributed by atoms with van der Waals surface area (Å²) in [6, 6.07) is 0. The van der Waals surface area contributed by atoms with Crippen molar-refractivity contribution in [3.05, 3.63) is 0 Å². The van der Waals surface area contributed by atoms with Gasteiger partial charge in [-0.25, -0.2) is 0 Å². The Kier molecular flexibility index (Phi) is 34.0. The SMILES string of the molecule is CCC.CCCC1OC1C.CCCC=O.CCCCOCN(CCC)CCNC.[HH]. The van der Waals surface area contributed by atoms with Crippen molar-refractivity contribution in [1.82, 2.24) is 10.2 Å². The molecular formula is C24H56N2O3. The summed E-state index contributed by atoms with van der Waals surface area (Å²) in [6.45, 7) is 19.9. The van der Waals surface area contributed by atoms with E-state index in [0.29, 0.717) is 18.6 Å². The number of rotatable bonds is 14. The lowest BCUT2D eigenvalue weighted by molar-refractivity contribution is -0.107. The molecule has 29 heavy (non-hydrogen) atoms. The Bertz CT molecular complexity index is 298. The molecule has 1 rings (SSSR count). The van der Waals surface area contributed by atoms with Gasteiger partial charge in [0.15, 0.2) is 0 Å². The van der Waals surface area contributed by atoms with Gasteiger partial charge in [0.05, 0.1) is 18.9 Å². The van der Waals surface area contributed by atoms with E-state index in [1.807, 2.05) is 14.0 Å². The molecule has 1 heterocycles. The minimum atomic E-state index is 0. The molecule has 0 aromatic heterocycles. The highest BCUT2D eigenvalue weighted by Crippen LogP contribution is 2.24. The zero-order chi connectivity index (χ0) is 22.8. The Balaban J connectivity index is -0.000000176. The van der Waals surface area contributed by atoms with Crippen LogP contribution in [0, 0.1) is 0 Å². The van der Waals surface area contributed by atoms with Gasteiger partial charge in [-0.1, -0.05) is 60.8 Å². The minimum Gasteiger partial charge on any atom is -0.370 e. The predicted molar refractivity (Wildman–Crippen MR) is 130 cm³/mol. The number of nitrogens with one attached hydrogen (secondary N) is 1. The van der Waals surface area contributed by atoms with E-state index in [4.69, 9.17) is 9.47 Å². The predicted octanol–water partition coefficient (Wildman–Crippen LogP) is 5.91. The van der Waals surface area contributed by atoms with Crippen LogP contribution in [0.25, 0.3) is 0 Å². The topological polar surface area (TPSA) is 54.1 Å². The third-order valence-corrected chi connectivity index (χ3v) is 3.95. The van der Waals surface area contributed by atoms with E-state index in [-0.39, 0.29) is 1.43 Å². The average molecular weight is 421 g/mol. The molecule has 1 fully saturated rings. The Morgan fingerprint density at radius 1 is 1.03 bits per heavy atom. The number of nitrogens with zero attached hydrogens (tertiary/aromatic N) is 1. The van der Waals surface area contributed by atoms with Crippen LogP contribution in [0.3, 0.4) is 0 Å². The molecule has 1 aliphatic heterocycles. The number of ether oxygens (including phenoxy) is 2. The number of carbonyl (C=O) groups is 1. The number of carbonyl (C=O) groups excluding carboxylic acids is 1. The molecule has 0 spiro atoms. The fourth-order valence-corrected chi connectivity index (χ4v) is 2.20. The van der Waals surface area contributed by atoms with Gasteiger partial charge < -0.3 is 19.6 Å². The van der Waals surface area contributed by atoms with Crippen LogP contribution in [-0.2, 0) is 14.3 Å². The molecule has 5 nitrogen and oxygen atoms in total. The number of unbranched alkanes of at least 4 members (excludes halogenated alkanes) is 2. The second-order valence-electron chi connectivity index (χ2n) is 7.44. The van der Waals surface area contributed by atoms with Gasteiger partial charge >= 0.3 is 0 Å². The summed E-state index contributed by atoms with van der Waals surface area (Å²) in [5, 5.41) is 3.16. The molecule has 1 saturated heterocycles. The maximum atomic E-state index is 9.40. The first-order valence-electron chi connectivity index (χ1n) is 12.1. The Morgan fingerprint density at radius 3 is 1.97 bits per heavy atom. The summed E-state index contributed by atoms with van der Waals surface area (Å²) in [7, 11) is 1.99. The van der Waals surface area contributed by atoms with Crippen LogP contribution < -0.4 is 5.32 Å². The first-order valence-corrected chi connectivity index (χ1v) is 12.1. The number of aldehydes is 1. The highest BCUT2D eigenvalue weighted by atomic mass is 16.6. The largest absolute Gasteiger partial charge is 0.370 e. The molecule has 2 atom stereocenters. The van der Waals surface area contributed by atoms with Crippen LogP contribution in [0.4, 0.5) is 0 Å². The second kappa shape index (κ2) is 29.7. The fraction of sp³-hybridized carbons (Fsp3) is 0.958. The van der Waals surface area contributed by atoms with Crippen molar-refractivity contribution < 1.29 is 15.7 Å². The normalized spacial score (nSPS) is 16.6. The average Bonchev–Trinajstić information content (AvgIpc) is 3.40. The first kappa shape index (κ1) is 33.2. The Labute approximate surface area is 184 Å². The van der Waals surface area contributed by atoms with E-state index in [0.717, 1.165) is 45.7 Å². The number of hydrogen-bond acceptors (Lipinski definition) is 5. The van der Waals surface area contributed by atoms with E-state index in [2.05, 4.69) is 51.8 Å². The lowest BCUT2D eigenvalue weighted by Crippen LogP contribution is -2.33. The Hall–Kier alpha value is -0.490. The Morgan fingerprint density at radius 2 is 1.66 bits per heavy atom. The van der Waals surface area contributed by atoms with Crippen LogP contribution in [0.5, 0.6) is 0 Å². The van der Waals surface area contributed by atoms with Crippen molar-refractivity contribution in [3.63, 3.8) is 0 Å². The van der Waals surface area contributed by atoms with Crippen molar-refractivity contribution in [2.24, 2.45) is 0 Å². The molecule has 0 amide bonds. The summed E-state index contributed by atoms with van der Waals surface area (Å²) >= 11 is 0. The smallest absolute Gasteiger partial charge is 0.119 e. The van der Waals surface area contributed by atoms with Gasteiger partial charge in [-0.05, 0) is 39.7 Å². The highest BCUT2D eigenvalue weighted by molar-refractivity contribution is 5.48. The van der Waals surface area contributed by atoms with Crippen molar-refractivity contribution in [1.29, 1.82) is 0 Å². The molecule has 0 aromatic rings. The zero-order valence-electron chi connectivity index (χ0n) is 21.1. The van der Waals surface area contributed by atoms with E-state index in [9.17, 15) is 4.79 Å². The molecule has 180 valence electrons. The van der Waals surface area contributed by atoms with E-state index < -0.39 is 0 Å². The van der Waals surface area contributed by atoms with Crippen molar-refractivity contribution in [2.75, 3.05) is 40.0 Å².